The van der Waals surface area contributed by atoms with E-state index in [1.54, 1.807) is 42.3 Å². The van der Waals surface area contributed by atoms with Crippen molar-refractivity contribution in [3.63, 3.8) is 0 Å². The standard InChI is InChI=1S/C22H26FN3O3/c1-24-21(28)18-4-2-3-15(13-18)14-25-22(29)26-11-9-17(10-12-26)20(27)16-5-7-19(23)8-6-16/h2-8,13,17,20,27H,9-12,14H2,1H3,(H,24,28)(H,25,29). The number of benzene rings is 2. The number of piperidine rings is 1. The lowest BCUT2D eigenvalue weighted by atomic mass is 9.87. The van der Waals surface area contributed by atoms with Crippen LogP contribution in [0.3, 0.4) is 0 Å². The Hall–Kier alpha value is -2.93. The summed E-state index contributed by atoms with van der Waals surface area (Å²) in [4.78, 5) is 25.9. The fraction of sp³-hybridized carbons (Fsp3) is 0.364. The van der Waals surface area contributed by atoms with Gasteiger partial charge in [0.1, 0.15) is 5.82 Å². The number of urea groups is 1. The van der Waals surface area contributed by atoms with Crippen molar-refractivity contribution in [3.05, 3.63) is 71.0 Å². The Kier molecular flexibility index (Phi) is 6.82. The van der Waals surface area contributed by atoms with Gasteiger partial charge in [-0.2, -0.15) is 0 Å². The number of nitrogens with one attached hydrogen (secondary N) is 2. The Morgan fingerprint density at radius 1 is 1.17 bits per heavy atom. The number of nitrogens with zero attached hydrogens (tertiary/aromatic N) is 1. The van der Waals surface area contributed by atoms with E-state index in [0.29, 0.717) is 43.6 Å². The van der Waals surface area contributed by atoms with Gasteiger partial charge >= 0.3 is 6.03 Å². The van der Waals surface area contributed by atoms with E-state index < -0.39 is 6.10 Å². The molecule has 2 aromatic carbocycles. The van der Waals surface area contributed by atoms with Crippen LogP contribution in [0.25, 0.3) is 0 Å². The average molecular weight is 399 g/mol. The maximum Gasteiger partial charge on any atom is 0.317 e. The lowest BCUT2D eigenvalue weighted by Gasteiger charge is -2.34. The van der Waals surface area contributed by atoms with E-state index in [2.05, 4.69) is 10.6 Å². The van der Waals surface area contributed by atoms with Crippen LogP contribution < -0.4 is 10.6 Å². The molecule has 2 aromatic rings. The van der Waals surface area contributed by atoms with Crippen molar-refractivity contribution in [1.82, 2.24) is 15.5 Å². The van der Waals surface area contributed by atoms with Crippen LogP contribution in [-0.4, -0.2) is 42.1 Å². The molecule has 1 saturated heterocycles. The number of hydrogen-bond donors (Lipinski definition) is 3. The van der Waals surface area contributed by atoms with E-state index in [4.69, 9.17) is 0 Å². The molecule has 6 nitrogen and oxygen atoms in total. The molecule has 1 aliphatic rings. The maximum absolute atomic E-state index is 13.1. The summed E-state index contributed by atoms with van der Waals surface area (Å²) in [6.07, 6.45) is 0.698. The van der Waals surface area contributed by atoms with Crippen molar-refractivity contribution in [1.29, 1.82) is 0 Å². The van der Waals surface area contributed by atoms with Gasteiger partial charge in [-0.15, -0.1) is 0 Å². The molecule has 7 heteroatoms. The highest BCUT2D eigenvalue weighted by molar-refractivity contribution is 5.94. The van der Waals surface area contributed by atoms with Crippen LogP contribution in [0.1, 0.15) is 40.4 Å². The first kappa shape index (κ1) is 20.8. The molecule has 29 heavy (non-hydrogen) atoms. The van der Waals surface area contributed by atoms with Gasteiger partial charge in [0.15, 0.2) is 0 Å². The number of amides is 3. The monoisotopic (exact) mass is 399 g/mol. The Balaban J connectivity index is 1.49. The van der Waals surface area contributed by atoms with Crippen LogP contribution >= 0.6 is 0 Å². The molecule has 3 amide bonds. The fourth-order valence-electron chi connectivity index (χ4n) is 3.61. The smallest absolute Gasteiger partial charge is 0.317 e. The highest BCUT2D eigenvalue weighted by Gasteiger charge is 2.28. The highest BCUT2D eigenvalue weighted by Crippen LogP contribution is 2.30. The summed E-state index contributed by atoms with van der Waals surface area (Å²) < 4.78 is 13.1. The molecule has 0 radical (unpaired) electrons. The number of likely N-dealkylation sites (tertiary alicyclic amines) is 1. The number of halogens is 1. The van der Waals surface area contributed by atoms with Gasteiger partial charge in [0, 0.05) is 32.2 Å². The summed E-state index contributed by atoms with van der Waals surface area (Å²) in [5.74, 6) is -0.456. The van der Waals surface area contributed by atoms with Crippen molar-refractivity contribution >= 4 is 11.9 Å². The van der Waals surface area contributed by atoms with Gasteiger partial charge in [-0.3, -0.25) is 4.79 Å². The second-order valence-corrected chi connectivity index (χ2v) is 7.26. The molecule has 0 bridgehead atoms. The molecule has 1 fully saturated rings. The van der Waals surface area contributed by atoms with Crippen LogP contribution in [0.2, 0.25) is 0 Å². The second kappa shape index (κ2) is 9.52. The fourth-order valence-corrected chi connectivity index (χ4v) is 3.61. The molecule has 1 heterocycles. The Morgan fingerprint density at radius 2 is 1.86 bits per heavy atom. The van der Waals surface area contributed by atoms with Gasteiger partial charge in [0.25, 0.3) is 5.91 Å². The van der Waals surface area contributed by atoms with Crippen molar-refractivity contribution in [2.45, 2.75) is 25.5 Å². The van der Waals surface area contributed by atoms with Crippen molar-refractivity contribution in [2.24, 2.45) is 5.92 Å². The summed E-state index contributed by atoms with van der Waals surface area (Å²) in [5, 5.41) is 16.0. The molecule has 1 unspecified atom stereocenters. The third-order valence-corrected chi connectivity index (χ3v) is 5.34. The number of carbonyl (C=O) groups is 2. The van der Waals surface area contributed by atoms with Gasteiger partial charge in [-0.25, -0.2) is 9.18 Å². The second-order valence-electron chi connectivity index (χ2n) is 7.26. The zero-order valence-corrected chi connectivity index (χ0v) is 16.4. The minimum absolute atomic E-state index is 0.0359. The van der Waals surface area contributed by atoms with Gasteiger partial charge in [0.05, 0.1) is 6.10 Å². The van der Waals surface area contributed by atoms with Crippen LogP contribution in [0.15, 0.2) is 48.5 Å². The molecule has 0 saturated carbocycles. The summed E-state index contributed by atoms with van der Waals surface area (Å²) in [5.41, 5.74) is 2.10. The molecule has 3 N–H and O–H groups in total. The predicted molar refractivity (Wildman–Crippen MR) is 108 cm³/mol. The zero-order chi connectivity index (χ0) is 20.8. The third kappa shape index (κ3) is 5.32. The number of carbonyl (C=O) groups excluding carboxylic acids is 2. The largest absolute Gasteiger partial charge is 0.388 e. The van der Waals surface area contributed by atoms with Crippen LogP contribution in [0.4, 0.5) is 9.18 Å². The van der Waals surface area contributed by atoms with E-state index >= 15 is 0 Å². The van der Waals surface area contributed by atoms with Gasteiger partial charge < -0.3 is 20.6 Å². The molecule has 1 atom stereocenters. The summed E-state index contributed by atoms with van der Waals surface area (Å²) in [7, 11) is 1.58. The zero-order valence-electron chi connectivity index (χ0n) is 16.4. The lowest BCUT2D eigenvalue weighted by Crippen LogP contribution is -2.44. The summed E-state index contributed by atoms with van der Waals surface area (Å²) >= 11 is 0. The number of aliphatic hydroxyl groups is 1. The summed E-state index contributed by atoms with van der Waals surface area (Å²) in [6, 6.07) is 12.9. The minimum Gasteiger partial charge on any atom is -0.388 e. The van der Waals surface area contributed by atoms with Crippen molar-refractivity contribution in [2.75, 3.05) is 20.1 Å². The van der Waals surface area contributed by atoms with Crippen LogP contribution in [-0.2, 0) is 6.54 Å². The number of rotatable bonds is 5. The van der Waals surface area contributed by atoms with Crippen molar-refractivity contribution in [3.8, 4) is 0 Å². The topological polar surface area (TPSA) is 81.7 Å². The van der Waals surface area contributed by atoms with Crippen molar-refractivity contribution < 1.29 is 19.1 Å². The van der Waals surface area contributed by atoms with Gasteiger partial charge in [-0.1, -0.05) is 24.3 Å². The van der Waals surface area contributed by atoms with Crippen LogP contribution in [0.5, 0.6) is 0 Å². The van der Waals surface area contributed by atoms with E-state index in [1.807, 2.05) is 6.07 Å². The Morgan fingerprint density at radius 3 is 2.52 bits per heavy atom. The number of aliphatic hydroxyl groups excluding tert-OH is 1. The lowest BCUT2D eigenvalue weighted by molar-refractivity contribution is 0.0664. The molecular formula is C22H26FN3O3. The summed E-state index contributed by atoms with van der Waals surface area (Å²) in [6.45, 7) is 1.43. The SMILES string of the molecule is CNC(=O)c1cccc(CNC(=O)N2CCC(C(O)c3ccc(F)cc3)CC2)c1. The quantitative estimate of drug-likeness (QED) is 0.723. The first-order valence-electron chi connectivity index (χ1n) is 9.75. The first-order valence-corrected chi connectivity index (χ1v) is 9.75. The van der Waals surface area contributed by atoms with E-state index in [0.717, 1.165) is 5.56 Å². The Labute approximate surface area is 169 Å². The van der Waals surface area contributed by atoms with E-state index in [1.165, 1.54) is 12.1 Å². The molecule has 0 aromatic heterocycles. The first-order chi connectivity index (χ1) is 14.0. The molecule has 3 rings (SSSR count). The van der Waals surface area contributed by atoms with E-state index in [9.17, 15) is 19.1 Å². The van der Waals surface area contributed by atoms with Gasteiger partial charge in [0.2, 0.25) is 0 Å². The molecule has 154 valence electrons. The average Bonchev–Trinajstić information content (AvgIpc) is 2.77. The van der Waals surface area contributed by atoms with Crippen LogP contribution in [0, 0.1) is 11.7 Å². The molecule has 0 aliphatic carbocycles. The van der Waals surface area contributed by atoms with Gasteiger partial charge in [-0.05, 0) is 54.2 Å². The molecule has 0 spiro atoms. The van der Waals surface area contributed by atoms with E-state index in [-0.39, 0.29) is 23.7 Å². The maximum atomic E-state index is 13.1. The normalized spacial score (nSPS) is 15.6. The third-order valence-electron chi connectivity index (χ3n) is 5.34. The highest BCUT2D eigenvalue weighted by atomic mass is 19.1. The number of hydrogen-bond acceptors (Lipinski definition) is 3. The molecular weight excluding hydrogens is 373 g/mol. The Bertz CT molecular complexity index is 849. The predicted octanol–water partition coefficient (Wildman–Crippen LogP) is 2.84. The minimum atomic E-state index is -0.659. The molecule has 1 aliphatic heterocycles.